The van der Waals surface area contributed by atoms with E-state index in [9.17, 15) is 5.11 Å². The second-order valence-electron chi connectivity index (χ2n) is 6.65. The van der Waals surface area contributed by atoms with E-state index in [2.05, 4.69) is 4.90 Å². The van der Waals surface area contributed by atoms with E-state index in [4.69, 9.17) is 0 Å². The molecule has 2 aliphatic rings. The van der Waals surface area contributed by atoms with Crippen molar-refractivity contribution < 1.29 is 5.11 Å². The van der Waals surface area contributed by atoms with Crippen LogP contribution in [0.25, 0.3) is 0 Å². The van der Waals surface area contributed by atoms with Crippen molar-refractivity contribution in [1.82, 2.24) is 4.90 Å². The summed E-state index contributed by atoms with van der Waals surface area (Å²) >= 11 is 0. The van der Waals surface area contributed by atoms with Crippen LogP contribution in [0.5, 0.6) is 0 Å². The molecule has 94 valence electrons. The summed E-state index contributed by atoms with van der Waals surface area (Å²) in [5.74, 6) is 0. The molecule has 0 aromatic carbocycles. The van der Waals surface area contributed by atoms with Gasteiger partial charge in [0.2, 0.25) is 0 Å². The molecule has 1 aliphatic carbocycles. The number of hydrogen-bond donors (Lipinski definition) is 1. The normalized spacial score (nSPS) is 27.2. The van der Waals surface area contributed by atoms with Gasteiger partial charge in [-0.15, -0.1) is 0 Å². The monoisotopic (exact) mass is 225 g/mol. The lowest BCUT2D eigenvalue weighted by atomic mass is 9.68. The first-order chi connectivity index (χ1) is 7.49. The van der Waals surface area contributed by atoms with Gasteiger partial charge in [-0.1, -0.05) is 19.3 Å². The molecule has 0 atom stereocenters. The first-order valence-corrected chi connectivity index (χ1v) is 6.94. The van der Waals surface area contributed by atoms with Crippen LogP contribution in [0.4, 0.5) is 0 Å². The Morgan fingerprint density at radius 3 is 2.06 bits per heavy atom. The molecule has 1 spiro atoms. The largest absolute Gasteiger partial charge is 0.389 e. The maximum atomic E-state index is 9.83. The highest BCUT2D eigenvalue weighted by molar-refractivity contribution is 4.89. The van der Waals surface area contributed by atoms with E-state index in [1.807, 2.05) is 13.8 Å². The first-order valence-electron chi connectivity index (χ1n) is 6.94. The summed E-state index contributed by atoms with van der Waals surface area (Å²) in [7, 11) is 0. The lowest BCUT2D eigenvalue weighted by Crippen LogP contribution is -2.46. The Kier molecular flexibility index (Phi) is 3.60. The predicted octanol–water partition coefficient (Wildman–Crippen LogP) is 2.80. The lowest BCUT2D eigenvalue weighted by molar-refractivity contribution is 0.00134. The molecule has 2 nitrogen and oxygen atoms in total. The van der Waals surface area contributed by atoms with Gasteiger partial charge in [-0.25, -0.2) is 0 Å². The zero-order chi connectivity index (χ0) is 11.6. The fourth-order valence-electron chi connectivity index (χ4n) is 3.53. The Morgan fingerprint density at radius 2 is 1.56 bits per heavy atom. The molecule has 2 rings (SSSR count). The highest BCUT2D eigenvalue weighted by Gasteiger charge is 2.36. The van der Waals surface area contributed by atoms with Gasteiger partial charge in [-0.3, -0.25) is 0 Å². The van der Waals surface area contributed by atoms with Gasteiger partial charge in [0, 0.05) is 6.54 Å². The van der Waals surface area contributed by atoms with Crippen LogP contribution in [0.3, 0.4) is 0 Å². The zero-order valence-electron chi connectivity index (χ0n) is 11.0. The van der Waals surface area contributed by atoms with Crippen LogP contribution in [-0.2, 0) is 0 Å². The summed E-state index contributed by atoms with van der Waals surface area (Å²) in [6.45, 7) is 7.06. The Morgan fingerprint density at radius 1 is 1.00 bits per heavy atom. The minimum absolute atomic E-state index is 0.531. The van der Waals surface area contributed by atoms with Crippen molar-refractivity contribution in [1.29, 1.82) is 0 Å². The SMILES string of the molecule is CC(C)(O)CN1CCC2(CCCCC2)CC1. The van der Waals surface area contributed by atoms with Gasteiger partial charge in [-0.05, 0) is 58.0 Å². The Bertz CT molecular complexity index is 215. The number of aliphatic hydroxyl groups is 1. The summed E-state index contributed by atoms with van der Waals surface area (Å²) in [4.78, 5) is 2.44. The minimum atomic E-state index is -0.531. The van der Waals surface area contributed by atoms with Crippen LogP contribution in [0.15, 0.2) is 0 Å². The summed E-state index contributed by atoms with van der Waals surface area (Å²) in [6, 6.07) is 0. The Hall–Kier alpha value is -0.0800. The van der Waals surface area contributed by atoms with E-state index in [1.54, 1.807) is 0 Å². The topological polar surface area (TPSA) is 23.5 Å². The summed E-state index contributed by atoms with van der Waals surface area (Å²) in [5, 5.41) is 9.83. The van der Waals surface area contributed by atoms with Gasteiger partial charge >= 0.3 is 0 Å². The number of hydrogen-bond acceptors (Lipinski definition) is 2. The highest BCUT2D eigenvalue weighted by atomic mass is 16.3. The maximum absolute atomic E-state index is 9.83. The van der Waals surface area contributed by atoms with Crippen LogP contribution in [0, 0.1) is 5.41 Å². The van der Waals surface area contributed by atoms with Crippen molar-refractivity contribution in [3.05, 3.63) is 0 Å². The molecule has 2 heteroatoms. The number of rotatable bonds is 2. The molecule has 1 saturated heterocycles. The Labute approximate surface area is 100 Å². The summed E-state index contributed by atoms with van der Waals surface area (Å²) in [6.07, 6.45) is 10.0. The molecular weight excluding hydrogens is 198 g/mol. The van der Waals surface area contributed by atoms with Gasteiger partial charge < -0.3 is 10.0 Å². The van der Waals surface area contributed by atoms with Crippen molar-refractivity contribution in [2.75, 3.05) is 19.6 Å². The zero-order valence-corrected chi connectivity index (χ0v) is 11.0. The fourth-order valence-corrected chi connectivity index (χ4v) is 3.53. The van der Waals surface area contributed by atoms with Crippen molar-refractivity contribution in [3.8, 4) is 0 Å². The molecule has 0 amide bonds. The van der Waals surface area contributed by atoms with Crippen molar-refractivity contribution in [2.45, 2.75) is 64.4 Å². The molecule has 0 bridgehead atoms. The van der Waals surface area contributed by atoms with Gasteiger partial charge in [0.1, 0.15) is 0 Å². The molecule has 1 aliphatic heterocycles. The summed E-state index contributed by atoms with van der Waals surface area (Å²) in [5.41, 5.74) is 0.158. The van der Waals surface area contributed by atoms with Crippen molar-refractivity contribution in [3.63, 3.8) is 0 Å². The minimum Gasteiger partial charge on any atom is -0.389 e. The van der Waals surface area contributed by atoms with Crippen LogP contribution in [0.2, 0.25) is 0 Å². The van der Waals surface area contributed by atoms with Crippen LogP contribution in [-0.4, -0.2) is 35.2 Å². The first kappa shape index (κ1) is 12.4. The third kappa shape index (κ3) is 3.21. The van der Waals surface area contributed by atoms with Crippen molar-refractivity contribution >= 4 is 0 Å². The quantitative estimate of drug-likeness (QED) is 0.781. The lowest BCUT2D eigenvalue weighted by Gasteiger charge is -2.45. The van der Waals surface area contributed by atoms with Gasteiger partial charge in [0.05, 0.1) is 5.60 Å². The molecule has 0 radical (unpaired) electrons. The molecule has 1 saturated carbocycles. The smallest absolute Gasteiger partial charge is 0.0718 e. The maximum Gasteiger partial charge on any atom is 0.0718 e. The summed E-state index contributed by atoms with van der Waals surface area (Å²) < 4.78 is 0. The predicted molar refractivity (Wildman–Crippen MR) is 67.5 cm³/mol. The van der Waals surface area contributed by atoms with Crippen LogP contribution in [0.1, 0.15) is 58.8 Å². The van der Waals surface area contributed by atoms with E-state index in [-0.39, 0.29) is 0 Å². The second kappa shape index (κ2) is 4.66. The average Bonchev–Trinajstić information content (AvgIpc) is 2.22. The second-order valence-corrected chi connectivity index (χ2v) is 6.65. The number of nitrogens with zero attached hydrogens (tertiary/aromatic N) is 1. The average molecular weight is 225 g/mol. The molecular formula is C14H27NO. The Balaban J connectivity index is 1.82. The molecule has 1 N–H and O–H groups in total. The van der Waals surface area contributed by atoms with Crippen LogP contribution < -0.4 is 0 Å². The van der Waals surface area contributed by atoms with Crippen molar-refractivity contribution in [2.24, 2.45) is 5.41 Å². The number of piperidine rings is 1. The molecule has 0 unspecified atom stereocenters. The standard InChI is InChI=1S/C14H27NO/c1-13(2,16)12-15-10-8-14(9-11-15)6-4-3-5-7-14/h16H,3-12H2,1-2H3. The fraction of sp³-hybridized carbons (Fsp3) is 1.00. The third-order valence-electron chi connectivity index (χ3n) is 4.44. The van der Waals surface area contributed by atoms with Gasteiger partial charge in [0.25, 0.3) is 0 Å². The van der Waals surface area contributed by atoms with E-state index in [0.717, 1.165) is 6.54 Å². The van der Waals surface area contributed by atoms with Crippen LogP contribution >= 0.6 is 0 Å². The number of β-amino-alcohol motifs (C(OH)–C–C–N with tert-alkyl or cyclic N) is 1. The van der Waals surface area contributed by atoms with Gasteiger partial charge in [-0.2, -0.15) is 0 Å². The van der Waals surface area contributed by atoms with E-state index in [1.165, 1.54) is 58.0 Å². The van der Waals surface area contributed by atoms with Gasteiger partial charge in [0.15, 0.2) is 0 Å². The third-order valence-corrected chi connectivity index (χ3v) is 4.44. The molecule has 2 fully saturated rings. The highest BCUT2D eigenvalue weighted by Crippen LogP contribution is 2.44. The number of likely N-dealkylation sites (tertiary alicyclic amines) is 1. The molecule has 1 heterocycles. The van der Waals surface area contributed by atoms with E-state index < -0.39 is 5.60 Å². The van der Waals surface area contributed by atoms with E-state index in [0.29, 0.717) is 5.41 Å². The van der Waals surface area contributed by atoms with E-state index >= 15 is 0 Å². The molecule has 16 heavy (non-hydrogen) atoms. The molecule has 0 aromatic rings. The molecule has 0 aromatic heterocycles.